The number of hydrogen-bond acceptors (Lipinski definition) is 3. The van der Waals surface area contributed by atoms with Crippen LogP contribution in [0.25, 0.3) is 0 Å². The zero-order valence-electron chi connectivity index (χ0n) is 11.7. The first kappa shape index (κ1) is 14.8. The maximum atomic E-state index is 12.0. The van der Waals surface area contributed by atoms with Gasteiger partial charge < -0.3 is 15.7 Å². The predicted octanol–water partition coefficient (Wildman–Crippen LogP) is 2.68. The lowest BCUT2D eigenvalue weighted by Crippen LogP contribution is -2.50. The lowest BCUT2D eigenvalue weighted by atomic mass is 9.94. The molecule has 0 spiro atoms. The number of amides is 2. The van der Waals surface area contributed by atoms with Crippen molar-refractivity contribution >= 4 is 23.3 Å². The van der Waals surface area contributed by atoms with Gasteiger partial charge in [0, 0.05) is 10.4 Å². The number of rotatable bonds is 4. The summed E-state index contributed by atoms with van der Waals surface area (Å²) in [7, 11) is 0. The average Bonchev–Trinajstić information content (AvgIpc) is 2.74. The molecule has 0 fully saturated rings. The highest BCUT2D eigenvalue weighted by Gasteiger charge is 2.27. The topological polar surface area (TPSA) is 78.4 Å². The van der Waals surface area contributed by atoms with Gasteiger partial charge in [0.05, 0.1) is 12.5 Å². The summed E-state index contributed by atoms with van der Waals surface area (Å²) in [6.07, 6.45) is 2.97. The van der Waals surface area contributed by atoms with Crippen molar-refractivity contribution in [1.82, 2.24) is 10.6 Å². The highest BCUT2D eigenvalue weighted by molar-refractivity contribution is 7.10. The lowest BCUT2D eigenvalue weighted by molar-refractivity contribution is -0.138. The fourth-order valence-electron chi connectivity index (χ4n) is 2.56. The van der Waals surface area contributed by atoms with E-state index in [2.05, 4.69) is 22.1 Å². The Morgan fingerprint density at radius 2 is 2.25 bits per heavy atom. The van der Waals surface area contributed by atoms with Crippen molar-refractivity contribution in [1.29, 1.82) is 0 Å². The van der Waals surface area contributed by atoms with Crippen LogP contribution in [0.2, 0.25) is 0 Å². The zero-order chi connectivity index (χ0) is 14.8. The highest BCUT2D eigenvalue weighted by atomic mass is 32.1. The van der Waals surface area contributed by atoms with Crippen LogP contribution in [-0.2, 0) is 11.2 Å². The van der Waals surface area contributed by atoms with Crippen LogP contribution in [0.5, 0.6) is 0 Å². The van der Waals surface area contributed by atoms with Gasteiger partial charge in [-0.25, -0.2) is 4.79 Å². The summed E-state index contributed by atoms with van der Waals surface area (Å²) < 4.78 is 0. The van der Waals surface area contributed by atoms with Crippen molar-refractivity contribution < 1.29 is 14.7 Å². The van der Waals surface area contributed by atoms with E-state index in [1.165, 1.54) is 10.4 Å². The molecule has 0 aliphatic heterocycles. The van der Waals surface area contributed by atoms with Crippen LogP contribution >= 0.6 is 11.3 Å². The molecule has 1 heterocycles. The van der Waals surface area contributed by atoms with Crippen LogP contribution in [-0.4, -0.2) is 22.6 Å². The molecular formula is C14H20N2O3S. The highest BCUT2D eigenvalue weighted by Crippen LogP contribution is 2.33. The van der Waals surface area contributed by atoms with Gasteiger partial charge in [-0.05, 0) is 50.1 Å². The minimum atomic E-state index is -0.923. The Labute approximate surface area is 122 Å². The van der Waals surface area contributed by atoms with Crippen LogP contribution in [0.3, 0.4) is 0 Å². The Bertz CT molecular complexity index is 510. The molecule has 110 valence electrons. The molecule has 0 saturated heterocycles. The van der Waals surface area contributed by atoms with Gasteiger partial charge >= 0.3 is 12.0 Å². The lowest BCUT2D eigenvalue weighted by Gasteiger charge is -2.28. The number of carboxylic acid groups (broad SMARTS) is 1. The van der Waals surface area contributed by atoms with E-state index in [1.807, 2.05) is 0 Å². The molecule has 0 aromatic carbocycles. The molecule has 1 aromatic heterocycles. The van der Waals surface area contributed by atoms with Crippen molar-refractivity contribution in [2.75, 3.05) is 0 Å². The Hall–Kier alpha value is -1.56. The van der Waals surface area contributed by atoms with E-state index in [-0.39, 0.29) is 18.5 Å². The van der Waals surface area contributed by atoms with Gasteiger partial charge in [0.25, 0.3) is 0 Å². The number of nitrogens with one attached hydrogen (secondary N) is 2. The van der Waals surface area contributed by atoms with Crippen LogP contribution in [0.1, 0.15) is 49.6 Å². The van der Waals surface area contributed by atoms with Crippen molar-refractivity contribution in [2.45, 2.75) is 51.1 Å². The first-order valence-corrected chi connectivity index (χ1v) is 7.62. The van der Waals surface area contributed by atoms with E-state index in [4.69, 9.17) is 5.11 Å². The van der Waals surface area contributed by atoms with E-state index in [1.54, 1.807) is 25.2 Å². The molecule has 0 saturated carbocycles. The van der Waals surface area contributed by atoms with Crippen molar-refractivity contribution in [3.63, 3.8) is 0 Å². The normalized spacial score (nSPS) is 18.2. The Kier molecular flexibility index (Phi) is 4.32. The summed E-state index contributed by atoms with van der Waals surface area (Å²) in [5, 5.41) is 16.6. The molecule has 1 aliphatic rings. The third kappa shape index (κ3) is 3.72. The van der Waals surface area contributed by atoms with Gasteiger partial charge in [-0.3, -0.25) is 4.79 Å². The number of thiophene rings is 1. The number of fused-ring (bicyclic) bond motifs is 1. The molecule has 1 atom stereocenters. The van der Waals surface area contributed by atoms with E-state index >= 15 is 0 Å². The van der Waals surface area contributed by atoms with Gasteiger partial charge in [-0.2, -0.15) is 0 Å². The summed E-state index contributed by atoms with van der Waals surface area (Å²) in [5.41, 5.74) is 0.439. The zero-order valence-corrected chi connectivity index (χ0v) is 12.5. The molecule has 1 unspecified atom stereocenters. The van der Waals surface area contributed by atoms with Gasteiger partial charge in [0.1, 0.15) is 0 Å². The monoisotopic (exact) mass is 296 g/mol. The molecule has 2 amide bonds. The maximum Gasteiger partial charge on any atom is 0.315 e. The van der Waals surface area contributed by atoms with Crippen LogP contribution < -0.4 is 10.6 Å². The number of carbonyl (C=O) groups is 2. The van der Waals surface area contributed by atoms with E-state index in [9.17, 15) is 9.59 Å². The molecule has 2 rings (SSSR count). The number of hydrogen-bond donors (Lipinski definition) is 3. The first-order valence-electron chi connectivity index (χ1n) is 6.74. The molecule has 20 heavy (non-hydrogen) atoms. The Morgan fingerprint density at radius 3 is 2.95 bits per heavy atom. The maximum absolute atomic E-state index is 12.0. The number of aliphatic carboxylic acids is 1. The molecule has 3 N–H and O–H groups in total. The smallest absolute Gasteiger partial charge is 0.315 e. The standard InChI is InChI=1S/C14H20N2O3S/c1-14(2,8-12(17)18)16-13(19)15-10-4-3-5-11-9(10)6-7-20-11/h6-7,10H,3-5,8H2,1-2H3,(H,17,18)(H2,15,16,19). The fraction of sp³-hybridized carbons (Fsp3) is 0.571. The van der Waals surface area contributed by atoms with Gasteiger partial charge in [0.2, 0.25) is 0 Å². The largest absolute Gasteiger partial charge is 0.481 e. The third-order valence-electron chi connectivity index (χ3n) is 3.40. The minimum absolute atomic E-state index is 0.0330. The number of urea groups is 1. The first-order chi connectivity index (χ1) is 9.37. The van der Waals surface area contributed by atoms with E-state index in [0.717, 1.165) is 19.3 Å². The van der Waals surface area contributed by atoms with Crippen LogP contribution in [0, 0.1) is 0 Å². The summed E-state index contributed by atoms with van der Waals surface area (Å²) in [6, 6.07) is 1.79. The molecule has 1 aliphatic carbocycles. The SMILES string of the molecule is CC(C)(CC(=O)O)NC(=O)NC1CCCc2sccc21. The molecule has 0 bridgehead atoms. The van der Waals surface area contributed by atoms with Gasteiger partial charge in [-0.1, -0.05) is 0 Å². The molecular weight excluding hydrogens is 276 g/mol. The second-order valence-electron chi connectivity index (χ2n) is 5.80. The predicted molar refractivity (Wildman–Crippen MR) is 78.0 cm³/mol. The van der Waals surface area contributed by atoms with Crippen molar-refractivity contribution in [3.05, 3.63) is 21.9 Å². The minimum Gasteiger partial charge on any atom is -0.481 e. The van der Waals surface area contributed by atoms with E-state index < -0.39 is 11.5 Å². The van der Waals surface area contributed by atoms with Crippen LogP contribution in [0.4, 0.5) is 4.79 Å². The molecule has 0 radical (unpaired) electrons. The Morgan fingerprint density at radius 1 is 1.50 bits per heavy atom. The second kappa shape index (κ2) is 5.83. The van der Waals surface area contributed by atoms with Gasteiger partial charge in [0.15, 0.2) is 0 Å². The summed E-state index contributed by atoms with van der Waals surface area (Å²) in [5.74, 6) is -0.923. The van der Waals surface area contributed by atoms with Crippen molar-refractivity contribution in [3.8, 4) is 0 Å². The van der Waals surface area contributed by atoms with Gasteiger partial charge in [-0.15, -0.1) is 11.3 Å². The van der Waals surface area contributed by atoms with Crippen LogP contribution in [0.15, 0.2) is 11.4 Å². The summed E-state index contributed by atoms with van der Waals surface area (Å²) in [6.45, 7) is 3.41. The number of carboxylic acids is 1. The molecule has 5 nitrogen and oxygen atoms in total. The molecule has 6 heteroatoms. The summed E-state index contributed by atoms with van der Waals surface area (Å²) in [4.78, 5) is 24.1. The summed E-state index contributed by atoms with van der Waals surface area (Å²) >= 11 is 1.73. The average molecular weight is 296 g/mol. The fourth-order valence-corrected chi connectivity index (χ4v) is 3.55. The Balaban J connectivity index is 1.95. The van der Waals surface area contributed by atoms with E-state index in [0.29, 0.717) is 0 Å². The van der Waals surface area contributed by atoms with Crippen molar-refractivity contribution in [2.24, 2.45) is 0 Å². The number of carbonyl (C=O) groups excluding carboxylic acids is 1. The molecule has 1 aromatic rings. The third-order valence-corrected chi connectivity index (χ3v) is 4.40. The number of aryl methyl sites for hydroxylation is 1. The second-order valence-corrected chi connectivity index (χ2v) is 6.80. The quantitative estimate of drug-likeness (QED) is 0.799.